The summed E-state index contributed by atoms with van der Waals surface area (Å²) in [6, 6.07) is 27.0. The highest BCUT2D eigenvalue weighted by molar-refractivity contribution is 6.12. The lowest BCUT2D eigenvalue weighted by Crippen LogP contribution is -2.31. The Kier molecular flexibility index (Phi) is 3.65. The van der Waals surface area contributed by atoms with Crippen molar-refractivity contribution in [3.8, 4) is 17.1 Å². The minimum atomic E-state index is 0.855. The molecule has 0 saturated heterocycles. The van der Waals surface area contributed by atoms with Crippen LogP contribution in [0.2, 0.25) is 0 Å². The second-order valence-electron chi connectivity index (χ2n) is 6.64. The molecule has 0 amide bonds. The van der Waals surface area contributed by atoms with Crippen LogP contribution in [0.1, 0.15) is 5.69 Å². The molecule has 5 aromatic rings. The molecule has 27 heavy (non-hydrogen) atoms. The van der Waals surface area contributed by atoms with Crippen molar-refractivity contribution in [2.45, 2.75) is 6.92 Å². The van der Waals surface area contributed by atoms with Gasteiger partial charge >= 0.3 is 5.82 Å². The molecule has 0 atom stereocenters. The van der Waals surface area contributed by atoms with Gasteiger partial charge in [-0.3, -0.25) is 0 Å². The lowest BCUT2D eigenvalue weighted by atomic mass is 10.00. The van der Waals surface area contributed by atoms with Gasteiger partial charge in [0.25, 0.3) is 0 Å². The van der Waals surface area contributed by atoms with Gasteiger partial charge in [-0.2, -0.15) is 0 Å². The van der Waals surface area contributed by atoms with Gasteiger partial charge in [0.15, 0.2) is 11.2 Å². The van der Waals surface area contributed by atoms with Crippen molar-refractivity contribution in [3.05, 3.63) is 97.0 Å². The number of fused-ring (bicyclic) bond motifs is 3. The summed E-state index contributed by atoms with van der Waals surface area (Å²) in [7, 11) is 0. The molecule has 128 valence electrons. The largest absolute Gasteiger partial charge is 0.354 e. The van der Waals surface area contributed by atoms with Crippen molar-refractivity contribution in [2.24, 2.45) is 0 Å². The van der Waals surface area contributed by atoms with Gasteiger partial charge in [-0.15, -0.1) is 0 Å². The molecule has 0 radical (unpaired) electrons. The van der Waals surface area contributed by atoms with Crippen LogP contribution in [0.4, 0.5) is 0 Å². The zero-order valence-electron chi connectivity index (χ0n) is 15.0. The fraction of sp³-hybridized carbons (Fsp3) is 0.0417. The predicted molar refractivity (Wildman–Crippen MR) is 109 cm³/mol. The van der Waals surface area contributed by atoms with Crippen LogP contribution in [0.25, 0.3) is 38.8 Å². The molecular weight excluding hydrogens is 330 g/mol. The first-order valence-electron chi connectivity index (χ1n) is 9.03. The lowest BCUT2D eigenvalue weighted by Gasteiger charge is -2.10. The number of aromatic nitrogens is 3. The first-order chi connectivity index (χ1) is 13.3. The maximum absolute atomic E-state index is 5.11. The van der Waals surface area contributed by atoms with E-state index >= 15 is 0 Å². The molecule has 3 aromatic heterocycles. The number of nitrogens with zero attached hydrogens (tertiary/aromatic N) is 3. The Morgan fingerprint density at radius 2 is 1.33 bits per heavy atom. The summed E-state index contributed by atoms with van der Waals surface area (Å²) in [6.45, 7) is 2.03. The minimum absolute atomic E-state index is 0.855. The van der Waals surface area contributed by atoms with Crippen molar-refractivity contribution in [2.75, 3.05) is 0 Å². The summed E-state index contributed by atoms with van der Waals surface area (Å²) < 4.78 is 2.03. The Balaban J connectivity index is 1.96. The first kappa shape index (κ1) is 15.6. The Hall–Kier alpha value is -3.59. The zero-order valence-corrected chi connectivity index (χ0v) is 15.0. The molecule has 0 aliphatic carbocycles. The number of rotatable bonds is 2. The molecule has 0 bridgehead atoms. The fourth-order valence-corrected chi connectivity index (χ4v) is 3.60. The molecule has 0 aliphatic rings. The van der Waals surface area contributed by atoms with E-state index in [0.29, 0.717) is 0 Å². The topological polar surface area (TPSA) is 29.7 Å². The van der Waals surface area contributed by atoms with Crippen LogP contribution in [0, 0.1) is 6.92 Å². The molecule has 0 N–H and O–H groups in total. The fourth-order valence-electron chi connectivity index (χ4n) is 3.60. The maximum Gasteiger partial charge on any atom is 0.354 e. The van der Waals surface area contributed by atoms with Gasteiger partial charge in [0.2, 0.25) is 0 Å². The molecule has 0 spiro atoms. The molecule has 0 saturated carbocycles. The Labute approximate surface area is 157 Å². The third-order valence-corrected chi connectivity index (χ3v) is 4.81. The highest BCUT2D eigenvalue weighted by atomic mass is 15.1. The van der Waals surface area contributed by atoms with Crippen LogP contribution in [0.15, 0.2) is 91.3 Å². The molecule has 2 aromatic carbocycles. The molecule has 0 unspecified atom stereocenters. The zero-order chi connectivity index (χ0) is 18.2. The maximum atomic E-state index is 5.11. The molecule has 0 fully saturated rings. The highest BCUT2D eigenvalue weighted by Gasteiger charge is 2.20. The summed E-state index contributed by atoms with van der Waals surface area (Å²) in [5.74, 6) is 0.855. The quantitative estimate of drug-likeness (QED) is 0.331. The van der Waals surface area contributed by atoms with E-state index in [9.17, 15) is 0 Å². The molecule has 3 heterocycles. The third-order valence-electron chi connectivity index (χ3n) is 4.81. The number of benzene rings is 2. The van der Waals surface area contributed by atoms with Gasteiger partial charge in [-0.25, -0.2) is 9.55 Å². The van der Waals surface area contributed by atoms with Crippen molar-refractivity contribution >= 4 is 21.7 Å². The van der Waals surface area contributed by atoms with E-state index in [0.717, 1.165) is 39.1 Å². The average Bonchev–Trinajstić information content (AvgIpc) is 2.74. The van der Waals surface area contributed by atoms with Gasteiger partial charge in [-0.05, 0) is 28.6 Å². The van der Waals surface area contributed by atoms with E-state index in [2.05, 4.69) is 54.6 Å². The van der Waals surface area contributed by atoms with Gasteiger partial charge in [-0.1, -0.05) is 60.7 Å². The van der Waals surface area contributed by atoms with Gasteiger partial charge in [0, 0.05) is 23.3 Å². The van der Waals surface area contributed by atoms with Crippen molar-refractivity contribution in [3.63, 3.8) is 0 Å². The van der Waals surface area contributed by atoms with Gasteiger partial charge < -0.3 is 0 Å². The van der Waals surface area contributed by atoms with Gasteiger partial charge in [0.1, 0.15) is 0 Å². The van der Waals surface area contributed by atoms with Crippen LogP contribution in [0.3, 0.4) is 0 Å². The van der Waals surface area contributed by atoms with Crippen LogP contribution in [0.5, 0.6) is 0 Å². The summed E-state index contributed by atoms with van der Waals surface area (Å²) >= 11 is 0. The van der Waals surface area contributed by atoms with Crippen molar-refractivity contribution in [1.29, 1.82) is 0 Å². The summed E-state index contributed by atoms with van der Waals surface area (Å²) in [5.41, 5.74) is 3.99. The molecular formula is C24H18N3+. The van der Waals surface area contributed by atoms with Crippen molar-refractivity contribution in [1.82, 2.24) is 9.97 Å². The lowest BCUT2D eigenvalue weighted by molar-refractivity contribution is -0.598. The number of hydrogen-bond donors (Lipinski definition) is 0. The predicted octanol–water partition coefficient (Wildman–Crippen LogP) is 5.04. The smallest absolute Gasteiger partial charge is 0.238 e. The van der Waals surface area contributed by atoms with E-state index in [1.54, 1.807) is 0 Å². The summed E-state index contributed by atoms with van der Waals surface area (Å²) in [4.78, 5) is 9.92. The normalized spacial score (nSPS) is 11.1. The van der Waals surface area contributed by atoms with E-state index in [1.165, 1.54) is 5.39 Å². The average molecular weight is 348 g/mol. The summed E-state index contributed by atoms with van der Waals surface area (Å²) in [5, 5.41) is 3.49. The molecule has 3 nitrogen and oxygen atoms in total. The number of pyridine rings is 3. The van der Waals surface area contributed by atoms with E-state index < -0.39 is 0 Å². The molecule has 0 aliphatic heterocycles. The number of hydrogen-bond acceptors (Lipinski definition) is 2. The van der Waals surface area contributed by atoms with E-state index in [-0.39, 0.29) is 0 Å². The Morgan fingerprint density at radius 3 is 2.11 bits per heavy atom. The Bertz CT molecular complexity index is 1260. The standard InChI is InChI=1S/C24H18N3/c1-17-16-21-19-12-6-7-13-20(19)22(18-10-4-2-5-11-18)26-23(21)24(25-17)27-14-8-3-9-15-27/h2-16H,1H3/q+1. The first-order valence-corrected chi connectivity index (χ1v) is 9.03. The SMILES string of the molecule is Cc1cc2c(nc(-c3ccccc3)c3ccccc32)c(-[n+]2ccccc2)n1. The van der Waals surface area contributed by atoms with Gasteiger partial charge in [0.05, 0.1) is 18.1 Å². The van der Waals surface area contributed by atoms with Crippen molar-refractivity contribution < 1.29 is 4.57 Å². The van der Waals surface area contributed by atoms with Crippen LogP contribution in [-0.2, 0) is 0 Å². The van der Waals surface area contributed by atoms with Crippen LogP contribution >= 0.6 is 0 Å². The second-order valence-corrected chi connectivity index (χ2v) is 6.64. The Morgan fingerprint density at radius 1 is 0.667 bits per heavy atom. The number of aryl methyl sites for hydroxylation is 1. The van der Waals surface area contributed by atoms with Crippen LogP contribution < -0.4 is 4.57 Å². The monoisotopic (exact) mass is 348 g/mol. The van der Waals surface area contributed by atoms with Crippen LogP contribution in [-0.4, -0.2) is 9.97 Å². The highest BCUT2D eigenvalue weighted by Crippen LogP contribution is 2.33. The minimum Gasteiger partial charge on any atom is -0.238 e. The van der Waals surface area contributed by atoms with E-state index in [1.807, 2.05) is 48.1 Å². The summed E-state index contributed by atoms with van der Waals surface area (Å²) in [6.07, 6.45) is 4.03. The molecule has 5 rings (SSSR count). The second kappa shape index (κ2) is 6.29. The third kappa shape index (κ3) is 2.64. The molecule has 3 heteroatoms. The van der Waals surface area contributed by atoms with E-state index in [4.69, 9.17) is 9.97 Å².